The monoisotopic (exact) mass is 196 g/mol. The van der Waals surface area contributed by atoms with Crippen molar-refractivity contribution in [2.75, 3.05) is 10.9 Å². The standard InChI is InChI=1S/C8H16N6/c1-3-4-6-5(2)11-8(14-10)12-7(6)13-9/h3-4,9-10H2,1-2H3,(H2,11,12,13,14). The van der Waals surface area contributed by atoms with Crippen LogP contribution in [-0.4, -0.2) is 9.97 Å². The van der Waals surface area contributed by atoms with Gasteiger partial charge in [-0.3, -0.25) is 5.43 Å². The molecule has 0 unspecified atom stereocenters. The van der Waals surface area contributed by atoms with Crippen LogP contribution in [0.2, 0.25) is 0 Å². The minimum atomic E-state index is 0.371. The van der Waals surface area contributed by atoms with Crippen LogP contribution in [0, 0.1) is 6.92 Å². The SMILES string of the molecule is CCCc1c(C)nc(NN)nc1NN. The lowest BCUT2D eigenvalue weighted by Crippen LogP contribution is -2.17. The van der Waals surface area contributed by atoms with Crippen LogP contribution in [0.4, 0.5) is 11.8 Å². The van der Waals surface area contributed by atoms with Gasteiger partial charge in [0.15, 0.2) is 0 Å². The summed E-state index contributed by atoms with van der Waals surface area (Å²) < 4.78 is 0. The predicted molar refractivity (Wildman–Crippen MR) is 56.4 cm³/mol. The molecule has 1 aromatic rings. The van der Waals surface area contributed by atoms with E-state index in [0.29, 0.717) is 11.8 Å². The summed E-state index contributed by atoms with van der Waals surface area (Å²) in [6, 6.07) is 0. The Kier molecular flexibility index (Phi) is 3.61. The summed E-state index contributed by atoms with van der Waals surface area (Å²) in [5.41, 5.74) is 6.87. The van der Waals surface area contributed by atoms with Crippen LogP contribution in [-0.2, 0) is 6.42 Å². The van der Waals surface area contributed by atoms with Gasteiger partial charge in [-0.1, -0.05) is 13.3 Å². The Labute approximate surface area is 83.1 Å². The summed E-state index contributed by atoms with van der Waals surface area (Å²) in [6.45, 7) is 4.00. The van der Waals surface area contributed by atoms with Gasteiger partial charge in [0, 0.05) is 11.3 Å². The molecular weight excluding hydrogens is 180 g/mol. The number of anilines is 2. The van der Waals surface area contributed by atoms with Crippen molar-refractivity contribution in [2.45, 2.75) is 26.7 Å². The Morgan fingerprint density at radius 1 is 1.21 bits per heavy atom. The molecule has 0 amide bonds. The molecule has 0 bridgehead atoms. The van der Waals surface area contributed by atoms with Crippen molar-refractivity contribution in [2.24, 2.45) is 11.7 Å². The molecule has 0 aliphatic carbocycles. The fourth-order valence-electron chi connectivity index (χ4n) is 1.33. The predicted octanol–water partition coefficient (Wildman–Crippen LogP) is 0.309. The molecule has 6 heteroatoms. The fourth-order valence-corrected chi connectivity index (χ4v) is 1.33. The highest BCUT2D eigenvalue weighted by Gasteiger charge is 2.09. The van der Waals surface area contributed by atoms with E-state index in [9.17, 15) is 0 Å². The number of aromatic nitrogens is 2. The second kappa shape index (κ2) is 4.73. The lowest BCUT2D eigenvalue weighted by atomic mass is 10.1. The number of rotatable bonds is 4. The minimum absolute atomic E-state index is 0.371. The Morgan fingerprint density at radius 3 is 2.43 bits per heavy atom. The Morgan fingerprint density at radius 2 is 1.93 bits per heavy atom. The summed E-state index contributed by atoms with van der Waals surface area (Å²) in [5, 5.41) is 0. The molecule has 1 heterocycles. The van der Waals surface area contributed by atoms with Crippen molar-refractivity contribution in [3.05, 3.63) is 11.3 Å². The smallest absolute Gasteiger partial charge is 0.239 e. The molecule has 0 fully saturated rings. The first kappa shape index (κ1) is 10.7. The summed E-state index contributed by atoms with van der Waals surface area (Å²) >= 11 is 0. The molecule has 0 aliphatic heterocycles. The largest absolute Gasteiger partial charge is 0.308 e. The maximum Gasteiger partial charge on any atom is 0.239 e. The van der Waals surface area contributed by atoms with Gasteiger partial charge in [0.1, 0.15) is 5.82 Å². The van der Waals surface area contributed by atoms with Crippen LogP contribution in [0.5, 0.6) is 0 Å². The van der Waals surface area contributed by atoms with E-state index in [4.69, 9.17) is 11.7 Å². The summed E-state index contributed by atoms with van der Waals surface area (Å²) in [5.74, 6) is 11.6. The zero-order chi connectivity index (χ0) is 10.6. The molecule has 14 heavy (non-hydrogen) atoms. The Hall–Kier alpha value is -1.40. The average Bonchev–Trinajstić information content (AvgIpc) is 2.20. The Bertz CT molecular complexity index is 311. The maximum atomic E-state index is 5.36. The number of nitrogens with two attached hydrogens (primary N) is 2. The van der Waals surface area contributed by atoms with Crippen LogP contribution >= 0.6 is 0 Å². The molecule has 1 rings (SSSR count). The van der Waals surface area contributed by atoms with Crippen molar-refractivity contribution >= 4 is 11.8 Å². The van der Waals surface area contributed by atoms with E-state index in [1.165, 1.54) is 0 Å². The number of nitrogens with one attached hydrogen (secondary N) is 2. The van der Waals surface area contributed by atoms with Gasteiger partial charge in [0.2, 0.25) is 5.95 Å². The molecule has 1 aromatic heterocycles. The maximum absolute atomic E-state index is 5.36. The van der Waals surface area contributed by atoms with Gasteiger partial charge >= 0.3 is 0 Å². The van der Waals surface area contributed by atoms with E-state index in [0.717, 1.165) is 24.1 Å². The quantitative estimate of drug-likeness (QED) is 0.408. The van der Waals surface area contributed by atoms with Gasteiger partial charge in [0.05, 0.1) is 0 Å². The second-order valence-corrected chi connectivity index (χ2v) is 3.00. The number of nitrogens with zero attached hydrogens (tertiary/aromatic N) is 2. The van der Waals surface area contributed by atoms with E-state index in [1.807, 2.05) is 6.92 Å². The topological polar surface area (TPSA) is 102 Å². The highest BCUT2D eigenvalue weighted by Crippen LogP contribution is 2.18. The minimum Gasteiger partial charge on any atom is -0.308 e. The van der Waals surface area contributed by atoms with Gasteiger partial charge in [-0.2, -0.15) is 4.98 Å². The molecular formula is C8H16N6. The lowest BCUT2D eigenvalue weighted by Gasteiger charge is -2.11. The molecule has 0 atom stereocenters. The first-order valence-corrected chi connectivity index (χ1v) is 4.53. The summed E-state index contributed by atoms with van der Waals surface area (Å²) in [6.07, 6.45) is 1.92. The summed E-state index contributed by atoms with van der Waals surface area (Å²) in [4.78, 5) is 8.28. The molecule has 6 N–H and O–H groups in total. The average molecular weight is 196 g/mol. The molecule has 0 radical (unpaired) electrons. The van der Waals surface area contributed by atoms with Crippen molar-refractivity contribution in [3.63, 3.8) is 0 Å². The van der Waals surface area contributed by atoms with E-state index in [-0.39, 0.29) is 0 Å². The van der Waals surface area contributed by atoms with Crippen molar-refractivity contribution in [1.82, 2.24) is 9.97 Å². The molecule has 0 saturated heterocycles. The zero-order valence-corrected chi connectivity index (χ0v) is 8.46. The van der Waals surface area contributed by atoms with Gasteiger partial charge in [0.25, 0.3) is 0 Å². The lowest BCUT2D eigenvalue weighted by molar-refractivity contribution is 0.882. The van der Waals surface area contributed by atoms with Gasteiger partial charge in [-0.15, -0.1) is 0 Å². The molecule has 0 aliphatic rings. The van der Waals surface area contributed by atoms with E-state index in [2.05, 4.69) is 27.7 Å². The normalized spacial score (nSPS) is 10.0. The van der Waals surface area contributed by atoms with E-state index < -0.39 is 0 Å². The van der Waals surface area contributed by atoms with Crippen molar-refractivity contribution in [1.29, 1.82) is 0 Å². The van der Waals surface area contributed by atoms with Gasteiger partial charge in [-0.05, 0) is 13.3 Å². The van der Waals surface area contributed by atoms with E-state index in [1.54, 1.807) is 0 Å². The number of hydrogen-bond acceptors (Lipinski definition) is 6. The number of aryl methyl sites for hydroxylation is 1. The Balaban J connectivity index is 3.13. The zero-order valence-electron chi connectivity index (χ0n) is 8.46. The van der Waals surface area contributed by atoms with E-state index >= 15 is 0 Å². The van der Waals surface area contributed by atoms with Gasteiger partial charge in [-0.25, -0.2) is 16.7 Å². The third-order valence-electron chi connectivity index (χ3n) is 1.98. The molecule has 78 valence electrons. The van der Waals surface area contributed by atoms with Crippen LogP contribution in [0.25, 0.3) is 0 Å². The van der Waals surface area contributed by atoms with Crippen molar-refractivity contribution in [3.8, 4) is 0 Å². The van der Waals surface area contributed by atoms with Crippen LogP contribution in [0.1, 0.15) is 24.6 Å². The van der Waals surface area contributed by atoms with Gasteiger partial charge < -0.3 is 5.43 Å². The molecule has 0 spiro atoms. The van der Waals surface area contributed by atoms with Crippen molar-refractivity contribution < 1.29 is 0 Å². The highest BCUT2D eigenvalue weighted by atomic mass is 15.3. The second-order valence-electron chi connectivity index (χ2n) is 3.00. The number of nitrogen functional groups attached to an aromatic ring is 2. The number of hydrazine groups is 2. The third-order valence-corrected chi connectivity index (χ3v) is 1.98. The third kappa shape index (κ3) is 2.09. The molecule has 0 saturated carbocycles. The van der Waals surface area contributed by atoms with Crippen LogP contribution in [0.15, 0.2) is 0 Å². The van der Waals surface area contributed by atoms with Crippen LogP contribution in [0.3, 0.4) is 0 Å². The van der Waals surface area contributed by atoms with Crippen LogP contribution < -0.4 is 22.5 Å². The molecule has 6 nitrogen and oxygen atoms in total. The first-order chi connectivity index (χ1) is 6.72. The summed E-state index contributed by atoms with van der Waals surface area (Å²) in [7, 11) is 0. The highest BCUT2D eigenvalue weighted by molar-refractivity contribution is 5.49. The fraction of sp³-hybridized carbons (Fsp3) is 0.500. The molecule has 0 aromatic carbocycles. The first-order valence-electron chi connectivity index (χ1n) is 4.53. The number of hydrogen-bond donors (Lipinski definition) is 4.